The molecule has 1 N–H and O–H groups in total. The van der Waals surface area contributed by atoms with Gasteiger partial charge in [0.25, 0.3) is 0 Å². The van der Waals surface area contributed by atoms with Crippen molar-refractivity contribution in [3.63, 3.8) is 0 Å². The molecule has 0 fully saturated rings. The monoisotopic (exact) mass is 812 g/mol. The lowest BCUT2D eigenvalue weighted by atomic mass is 9.79. The molecule has 9 aromatic carbocycles. The Morgan fingerprint density at radius 3 is 2.05 bits per heavy atom. The Morgan fingerprint density at radius 2 is 1.21 bits per heavy atom. The molecule has 0 radical (unpaired) electrons. The van der Waals surface area contributed by atoms with E-state index in [1.54, 1.807) is 0 Å². The van der Waals surface area contributed by atoms with Gasteiger partial charge in [-0.15, -0.1) is 0 Å². The van der Waals surface area contributed by atoms with E-state index in [0.717, 1.165) is 46.9 Å². The van der Waals surface area contributed by atoms with Gasteiger partial charge in [-0.2, -0.15) is 0 Å². The summed E-state index contributed by atoms with van der Waals surface area (Å²) in [7, 11) is 0. The van der Waals surface area contributed by atoms with Gasteiger partial charge >= 0.3 is 0 Å². The highest BCUT2D eigenvalue weighted by atomic mass is 16.3. The fourth-order valence-corrected chi connectivity index (χ4v) is 10.9. The molecule has 63 heavy (non-hydrogen) atoms. The first-order valence-corrected chi connectivity index (χ1v) is 22.6. The van der Waals surface area contributed by atoms with Gasteiger partial charge in [0, 0.05) is 22.2 Å². The number of benzene rings is 9. The van der Waals surface area contributed by atoms with E-state index < -0.39 is 0 Å². The summed E-state index contributed by atoms with van der Waals surface area (Å²) in [4.78, 5) is 0. The standard InChI is InChI=1S/C60H48N2O/c1-3-46-48(44-24-15-23-41(33-44)39-17-5-4-6-18-39)32-31-38(2)59(61-60(46)50-28-16-22-40-19-9-10-25-47(40)50)45-36-55(58-51-27-12-14-30-56(51)63-57(58)37-45)62-53-29-13-11-26-49(53)52-34-42-20-7-8-21-43(42)35-54(52)62/h4-30,33-38,59-61H,3,31-32H2,1-2H3/b48-46+. The van der Waals surface area contributed by atoms with Gasteiger partial charge in [-0.05, 0) is 128 Å². The lowest BCUT2D eigenvalue weighted by Crippen LogP contribution is -2.34. The second kappa shape index (κ2) is 15.3. The molecule has 3 atom stereocenters. The van der Waals surface area contributed by atoms with Crippen LogP contribution in [0.1, 0.15) is 61.9 Å². The Hall–Kier alpha value is -7.20. The molecule has 3 heterocycles. The summed E-state index contributed by atoms with van der Waals surface area (Å²) in [5, 5.41) is 14.2. The Labute approximate surface area is 367 Å². The molecular formula is C60H48N2O. The van der Waals surface area contributed by atoms with Crippen LogP contribution in [-0.4, -0.2) is 4.57 Å². The summed E-state index contributed by atoms with van der Waals surface area (Å²) in [6.07, 6.45) is 2.95. The highest BCUT2D eigenvalue weighted by Gasteiger charge is 2.32. The van der Waals surface area contributed by atoms with Crippen molar-refractivity contribution in [2.75, 3.05) is 0 Å². The minimum absolute atomic E-state index is 0.0259. The number of fused-ring (bicyclic) bond motifs is 8. The number of nitrogens with one attached hydrogen (secondary N) is 1. The maximum atomic E-state index is 6.89. The number of rotatable bonds is 6. The van der Waals surface area contributed by atoms with Gasteiger partial charge < -0.3 is 8.98 Å². The van der Waals surface area contributed by atoms with E-state index in [4.69, 9.17) is 4.42 Å². The second-order valence-electron chi connectivity index (χ2n) is 17.5. The number of furan rings is 1. The van der Waals surface area contributed by atoms with Gasteiger partial charge in [0.05, 0.1) is 28.1 Å². The van der Waals surface area contributed by atoms with E-state index in [2.05, 4.69) is 218 Å². The highest BCUT2D eigenvalue weighted by Crippen LogP contribution is 2.46. The minimum atomic E-state index is -0.0290. The number of hydrogen-bond donors (Lipinski definition) is 1. The molecular weight excluding hydrogens is 765 g/mol. The lowest BCUT2D eigenvalue weighted by molar-refractivity contribution is 0.337. The summed E-state index contributed by atoms with van der Waals surface area (Å²) in [6, 6.07) is 71.5. The molecule has 1 aliphatic rings. The van der Waals surface area contributed by atoms with Gasteiger partial charge in [-0.1, -0.05) is 166 Å². The SMILES string of the molecule is CC/C1=C(\c2cccc(-c3ccccc3)c2)CCC(C)C(c2cc(-n3c4ccccc4c4cc5ccccc5cc43)c3c(c2)oc2ccccc23)NC1c1cccc2ccccc12. The number of allylic oxidation sites excluding steroid dienone is 1. The van der Waals surface area contributed by atoms with Crippen LogP contribution in [0, 0.1) is 5.92 Å². The van der Waals surface area contributed by atoms with E-state index in [1.165, 1.54) is 82.3 Å². The van der Waals surface area contributed by atoms with Crippen LogP contribution >= 0.6 is 0 Å². The first-order chi connectivity index (χ1) is 31.1. The normalized spacial score (nSPS) is 18.5. The van der Waals surface area contributed by atoms with Crippen molar-refractivity contribution in [3.8, 4) is 16.8 Å². The largest absolute Gasteiger partial charge is 0.456 e. The highest BCUT2D eigenvalue weighted by molar-refractivity contribution is 6.16. The van der Waals surface area contributed by atoms with Crippen molar-refractivity contribution in [2.45, 2.75) is 45.2 Å². The summed E-state index contributed by atoms with van der Waals surface area (Å²) in [6.45, 7) is 4.79. The Morgan fingerprint density at radius 1 is 0.540 bits per heavy atom. The molecule has 0 saturated carbocycles. The maximum Gasteiger partial charge on any atom is 0.137 e. The van der Waals surface area contributed by atoms with Crippen molar-refractivity contribution in [1.82, 2.24) is 9.88 Å². The first kappa shape index (κ1) is 37.6. The molecule has 0 spiro atoms. The molecule has 0 amide bonds. The molecule has 0 saturated heterocycles. The molecule has 3 unspecified atom stereocenters. The molecule has 2 aromatic heterocycles. The third-order valence-corrected chi connectivity index (χ3v) is 14.0. The zero-order valence-electron chi connectivity index (χ0n) is 35.7. The molecule has 11 aromatic rings. The fraction of sp³-hybridized carbons (Fsp3) is 0.133. The van der Waals surface area contributed by atoms with Crippen molar-refractivity contribution in [2.24, 2.45) is 5.92 Å². The third-order valence-electron chi connectivity index (χ3n) is 14.0. The number of nitrogens with zero attached hydrogens (tertiary/aromatic N) is 1. The van der Waals surface area contributed by atoms with E-state index >= 15 is 0 Å². The van der Waals surface area contributed by atoms with Crippen LogP contribution in [0.25, 0.3) is 87.7 Å². The van der Waals surface area contributed by atoms with Crippen molar-refractivity contribution < 1.29 is 4.42 Å². The Kier molecular flexibility index (Phi) is 9.12. The topological polar surface area (TPSA) is 30.1 Å². The van der Waals surface area contributed by atoms with Gasteiger partial charge in [0.1, 0.15) is 11.2 Å². The van der Waals surface area contributed by atoms with Crippen LogP contribution in [-0.2, 0) is 0 Å². The van der Waals surface area contributed by atoms with E-state index in [-0.39, 0.29) is 12.1 Å². The molecule has 0 bridgehead atoms. The van der Waals surface area contributed by atoms with E-state index in [1.807, 2.05) is 0 Å². The van der Waals surface area contributed by atoms with Gasteiger partial charge in [-0.25, -0.2) is 0 Å². The lowest BCUT2D eigenvalue weighted by Gasteiger charge is -2.37. The average Bonchev–Trinajstić information content (AvgIpc) is 3.87. The van der Waals surface area contributed by atoms with E-state index in [0.29, 0.717) is 5.92 Å². The Bertz CT molecular complexity index is 3560. The number of para-hydroxylation sites is 2. The summed E-state index contributed by atoms with van der Waals surface area (Å²) in [5.74, 6) is 0.296. The predicted molar refractivity (Wildman–Crippen MR) is 266 cm³/mol. The number of aromatic nitrogens is 1. The second-order valence-corrected chi connectivity index (χ2v) is 17.5. The van der Waals surface area contributed by atoms with Crippen molar-refractivity contribution in [1.29, 1.82) is 0 Å². The van der Waals surface area contributed by atoms with Crippen molar-refractivity contribution in [3.05, 3.63) is 216 Å². The predicted octanol–water partition coefficient (Wildman–Crippen LogP) is 16.3. The van der Waals surface area contributed by atoms with Crippen LogP contribution in [0.3, 0.4) is 0 Å². The van der Waals surface area contributed by atoms with Crippen molar-refractivity contribution >= 4 is 70.9 Å². The Balaban J connectivity index is 1.10. The summed E-state index contributed by atoms with van der Waals surface area (Å²) < 4.78 is 9.40. The maximum absolute atomic E-state index is 6.89. The average molecular weight is 813 g/mol. The van der Waals surface area contributed by atoms with Crippen LogP contribution in [0.15, 0.2) is 204 Å². The molecule has 3 heteroatoms. The zero-order valence-corrected chi connectivity index (χ0v) is 35.7. The van der Waals surface area contributed by atoms with Gasteiger partial charge in [0.2, 0.25) is 0 Å². The molecule has 3 nitrogen and oxygen atoms in total. The van der Waals surface area contributed by atoms with Gasteiger partial charge in [-0.3, -0.25) is 5.32 Å². The minimum Gasteiger partial charge on any atom is -0.456 e. The number of hydrogen-bond acceptors (Lipinski definition) is 2. The summed E-state index contributed by atoms with van der Waals surface area (Å²) >= 11 is 0. The fourth-order valence-electron chi connectivity index (χ4n) is 10.9. The molecule has 304 valence electrons. The quantitative estimate of drug-likeness (QED) is 0.181. The van der Waals surface area contributed by atoms with Crippen LogP contribution in [0.2, 0.25) is 0 Å². The molecule has 12 rings (SSSR count). The smallest absolute Gasteiger partial charge is 0.137 e. The van der Waals surface area contributed by atoms with E-state index in [9.17, 15) is 0 Å². The molecule has 1 aliphatic heterocycles. The zero-order chi connectivity index (χ0) is 42.0. The van der Waals surface area contributed by atoms with Gasteiger partial charge in [0.15, 0.2) is 0 Å². The first-order valence-electron chi connectivity index (χ1n) is 22.6. The molecule has 0 aliphatic carbocycles. The van der Waals surface area contributed by atoms with Crippen LogP contribution < -0.4 is 5.32 Å². The third kappa shape index (κ3) is 6.29. The van der Waals surface area contributed by atoms with Crippen LogP contribution in [0.4, 0.5) is 0 Å². The van der Waals surface area contributed by atoms with Crippen LogP contribution in [0.5, 0.6) is 0 Å². The summed E-state index contributed by atoms with van der Waals surface area (Å²) in [5.41, 5.74) is 14.6.